The Morgan fingerprint density at radius 1 is 1.41 bits per heavy atom. The fourth-order valence-electron chi connectivity index (χ4n) is 1.46. The van der Waals surface area contributed by atoms with Gasteiger partial charge in [-0.3, -0.25) is 4.79 Å². The lowest BCUT2D eigenvalue weighted by Crippen LogP contribution is -2.10. The molecule has 0 atom stereocenters. The van der Waals surface area contributed by atoms with Crippen molar-refractivity contribution in [2.24, 2.45) is 7.05 Å². The molecular weight excluding hydrogens is 238 g/mol. The minimum absolute atomic E-state index is 0.0182. The molecular formula is C13H12ClNO2. The average Bonchev–Trinajstić information content (AvgIpc) is 2.73. The molecule has 0 spiro atoms. The number of rotatable bonds is 4. The number of hydrogen-bond donors (Lipinski definition) is 0. The Morgan fingerprint density at radius 3 is 2.88 bits per heavy atom. The summed E-state index contributed by atoms with van der Waals surface area (Å²) in [6.45, 7) is 0.0182. The molecule has 1 aromatic carbocycles. The Hall–Kier alpha value is -1.74. The molecule has 0 aliphatic rings. The first-order valence-electron chi connectivity index (χ1n) is 5.19. The number of ether oxygens (including phenoxy) is 1. The molecule has 0 aliphatic carbocycles. The summed E-state index contributed by atoms with van der Waals surface area (Å²) in [5.41, 5.74) is 0.648. The summed E-state index contributed by atoms with van der Waals surface area (Å²) >= 11 is 5.81. The van der Waals surface area contributed by atoms with Gasteiger partial charge in [0.2, 0.25) is 5.78 Å². The first kappa shape index (κ1) is 11.7. The number of hydrogen-bond acceptors (Lipinski definition) is 2. The van der Waals surface area contributed by atoms with Crippen molar-refractivity contribution in [1.82, 2.24) is 4.57 Å². The van der Waals surface area contributed by atoms with E-state index in [0.29, 0.717) is 16.3 Å². The van der Waals surface area contributed by atoms with Crippen LogP contribution in [0, 0.1) is 0 Å². The molecule has 0 fully saturated rings. The quantitative estimate of drug-likeness (QED) is 0.780. The summed E-state index contributed by atoms with van der Waals surface area (Å²) in [6, 6.07) is 8.76. The molecule has 0 radical (unpaired) electrons. The molecule has 88 valence electrons. The van der Waals surface area contributed by atoms with E-state index in [1.807, 2.05) is 17.8 Å². The highest BCUT2D eigenvalue weighted by atomic mass is 35.5. The van der Waals surface area contributed by atoms with E-state index in [1.165, 1.54) is 0 Å². The van der Waals surface area contributed by atoms with Crippen LogP contribution in [0.2, 0.25) is 5.02 Å². The first-order valence-corrected chi connectivity index (χ1v) is 5.56. The monoisotopic (exact) mass is 249 g/mol. The third-order valence-corrected chi connectivity index (χ3v) is 2.56. The van der Waals surface area contributed by atoms with Crippen molar-refractivity contribution in [3.8, 4) is 5.75 Å². The second-order valence-corrected chi connectivity index (χ2v) is 4.17. The van der Waals surface area contributed by atoms with E-state index < -0.39 is 0 Å². The Morgan fingerprint density at radius 2 is 2.24 bits per heavy atom. The van der Waals surface area contributed by atoms with Gasteiger partial charge in [0.1, 0.15) is 5.75 Å². The zero-order valence-corrected chi connectivity index (χ0v) is 10.1. The number of benzene rings is 1. The van der Waals surface area contributed by atoms with Crippen LogP contribution < -0.4 is 4.74 Å². The summed E-state index contributed by atoms with van der Waals surface area (Å²) in [4.78, 5) is 11.7. The number of carbonyl (C=O) groups excluding carboxylic acids is 1. The van der Waals surface area contributed by atoms with Crippen LogP contribution in [0.4, 0.5) is 0 Å². The molecule has 17 heavy (non-hydrogen) atoms. The van der Waals surface area contributed by atoms with Crippen molar-refractivity contribution in [2.45, 2.75) is 0 Å². The van der Waals surface area contributed by atoms with Crippen molar-refractivity contribution in [3.63, 3.8) is 0 Å². The van der Waals surface area contributed by atoms with E-state index in [2.05, 4.69) is 0 Å². The fraction of sp³-hybridized carbons (Fsp3) is 0.154. The van der Waals surface area contributed by atoms with E-state index in [-0.39, 0.29) is 12.4 Å². The van der Waals surface area contributed by atoms with Gasteiger partial charge in [-0.1, -0.05) is 17.7 Å². The van der Waals surface area contributed by atoms with Crippen molar-refractivity contribution in [3.05, 3.63) is 53.3 Å². The predicted molar refractivity (Wildman–Crippen MR) is 66.7 cm³/mol. The van der Waals surface area contributed by atoms with Crippen molar-refractivity contribution >= 4 is 17.4 Å². The summed E-state index contributed by atoms with van der Waals surface area (Å²) in [5.74, 6) is 0.548. The molecule has 0 saturated heterocycles. The van der Waals surface area contributed by atoms with Crippen LogP contribution in [0.1, 0.15) is 10.4 Å². The van der Waals surface area contributed by atoms with Gasteiger partial charge in [-0.25, -0.2) is 0 Å². The average molecular weight is 250 g/mol. The molecule has 0 bridgehead atoms. The largest absolute Gasteiger partial charge is 0.485 e. The topological polar surface area (TPSA) is 31.2 Å². The molecule has 0 aliphatic heterocycles. The van der Waals surface area contributed by atoms with Gasteiger partial charge in [0.25, 0.3) is 0 Å². The van der Waals surface area contributed by atoms with E-state index in [9.17, 15) is 4.79 Å². The number of aryl methyl sites for hydroxylation is 1. The van der Waals surface area contributed by atoms with Crippen LogP contribution in [0.15, 0.2) is 42.7 Å². The van der Waals surface area contributed by atoms with Crippen LogP contribution in [-0.4, -0.2) is 17.0 Å². The number of nitrogens with zero attached hydrogens (tertiary/aromatic N) is 1. The maximum absolute atomic E-state index is 11.7. The lowest BCUT2D eigenvalue weighted by atomic mass is 10.2. The molecule has 1 heterocycles. The lowest BCUT2D eigenvalue weighted by Gasteiger charge is -2.04. The maximum atomic E-state index is 11.7. The van der Waals surface area contributed by atoms with Gasteiger partial charge >= 0.3 is 0 Å². The Bertz CT molecular complexity index is 534. The normalized spacial score (nSPS) is 10.2. The van der Waals surface area contributed by atoms with E-state index in [1.54, 1.807) is 36.5 Å². The molecule has 4 heteroatoms. The van der Waals surface area contributed by atoms with Crippen LogP contribution in [0.3, 0.4) is 0 Å². The van der Waals surface area contributed by atoms with E-state index in [4.69, 9.17) is 16.3 Å². The highest BCUT2D eigenvalue weighted by molar-refractivity contribution is 6.30. The second-order valence-electron chi connectivity index (χ2n) is 3.73. The molecule has 0 unspecified atom stereocenters. The number of ketones is 1. The van der Waals surface area contributed by atoms with Gasteiger partial charge in [0, 0.05) is 30.0 Å². The number of carbonyl (C=O) groups is 1. The molecule has 3 nitrogen and oxygen atoms in total. The third-order valence-electron chi connectivity index (χ3n) is 2.32. The maximum Gasteiger partial charge on any atom is 0.201 e. The predicted octanol–water partition coefficient (Wildman–Crippen LogP) is 2.94. The molecule has 2 rings (SSSR count). The van der Waals surface area contributed by atoms with Crippen molar-refractivity contribution in [1.29, 1.82) is 0 Å². The van der Waals surface area contributed by atoms with Gasteiger partial charge in [-0.15, -0.1) is 0 Å². The Kier molecular flexibility index (Phi) is 3.49. The van der Waals surface area contributed by atoms with Crippen molar-refractivity contribution < 1.29 is 9.53 Å². The highest BCUT2D eigenvalue weighted by Crippen LogP contribution is 2.17. The molecule has 2 aromatic rings. The smallest absolute Gasteiger partial charge is 0.201 e. The standard InChI is InChI=1S/C13H12ClNO2/c1-15-6-5-10(8-15)13(16)9-17-12-4-2-3-11(14)7-12/h2-8H,9H2,1H3. The zero-order chi connectivity index (χ0) is 12.3. The van der Waals surface area contributed by atoms with E-state index in [0.717, 1.165) is 0 Å². The Balaban J connectivity index is 1.97. The summed E-state index contributed by atoms with van der Waals surface area (Å²) in [5, 5.41) is 0.592. The van der Waals surface area contributed by atoms with Gasteiger partial charge in [0.05, 0.1) is 0 Å². The molecule has 0 saturated carbocycles. The van der Waals surface area contributed by atoms with Gasteiger partial charge in [-0.05, 0) is 24.3 Å². The summed E-state index contributed by atoms with van der Waals surface area (Å²) in [7, 11) is 1.87. The summed E-state index contributed by atoms with van der Waals surface area (Å²) < 4.78 is 7.20. The zero-order valence-electron chi connectivity index (χ0n) is 9.39. The molecule has 1 aromatic heterocycles. The van der Waals surface area contributed by atoms with Crippen LogP contribution in [0.5, 0.6) is 5.75 Å². The summed E-state index contributed by atoms with van der Waals surface area (Å²) in [6.07, 6.45) is 3.59. The fourth-order valence-corrected chi connectivity index (χ4v) is 1.64. The van der Waals surface area contributed by atoms with Gasteiger partial charge < -0.3 is 9.30 Å². The van der Waals surface area contributed by atoms with Crippen LogP contribution in [0.25, 0.3) is 0 Å². The molecule has 0 N–H and O–H groups in total. The number of Topliss-reactive ketones (excluding diaryl/α,β-unsaturated/α-hetero) is 1. The van der Waals surface area contributed by atoms with Crippen LogP contribution >= 0.6 is 11.6 Å². The first-order chi connectivity index (χ1) is 8.15. The van der Waals surface area contributed by atoms with Crippen molar-refractivity contribution in [2.75, 3.05) is 6.61 Å². The van der Waals surface area contributed by atoms with Gasteiger partial charge in [-0.2, -0.15) is 0 Å². The number of aromatic nitrogens is 1. The lowest BCUT2D eigenvalue weighted by molar-refractivity contribution is 0.0921. The van der Waals surface area contributed by atoms with E-state index >= 15 is 0 Å². The Labute approximate surface area is 105 Å². The van der Waals surface area contributed by atoms with Gasteiger partial charge in [0.15, 0.2) is 6.61 Å². The SMILES string of the molecule is Cn1ccc(C(=O)COc2cccc(Cl)c2)c1. The minimum atomic E-state index is -0.0504. The third kappa shape index (κ3) is 3.11. The number of halogens is 1. The molecule has 0 amide bonds. The highest BCUT2D eigenvalue weighted by Gasteiger charge is 2.07. The minimum Gasteiger partial charge on any atom is -0.485 e. The van der Waals surface area contributed by atoms with Crippen LogP contribution in [-0.2, 0) is 7.05 Å². The second kappa shape index (κ2) is 5.06.